The highest BCUT2D eigenvalue weighted by atomic mass is 79.9. The third-order valence-electron chi connectivity index (χ3n) is 2.90. The Hall–Kier alpha value is -0.870. The first-order valence-corrected chi connectivity index (χ1v) is 6.59. The fourth-order valence-corrected chi connectivity index (χ4v) is 2.14. The van der Waals surface area contributed by atoms with Crippen molar-refractivity contribution in [3.05, 3.63) is 34.3 Å². The van der Waals surface area contributed by atoms with E-state index in [1.54, 1.807) is 0 Å². The van der Waals surface area contributed by atoms with Crippen LogP contribution in [0.4, 0.5) is 0 Å². The second-order valence-electron chi connectivity index (χ2n) is 4.33. The summed E-state index contributed by atoms with van der Waals surface area (Å²) in [6.45, 7) is 3.02. The summed E-state index contributed by atoms with van der Waals surface area (Å²) in [6.07, 6.45) is 1.65. The van der Waals surface area contributed by atoms with Gasteiger partial charge in [-0.3, -0.25) is 10.3 Å². The van der Waals surface area contributed by atoms with Gasteiger partial charge in [-0.1, -0.05) is 35.0 Å². The number of benzene rings is 1. The van der Waals surface area contributed by atoms with Gasteiger partial charge in [0, 0.05) is 23.5 Å². The summed E-state index contributed by atoms with van der Waals surface area (Å²) in [7, 11) is 2.08. The molecule has 0 fully saturated rings. The second kappa shape index (κ2) is 6.77. The van der Waals surface area contributed by atoms with Gasteiger partial charge >= 0.3 is 0 Å². The van der Waals surface area contributed by atoms with Crippen LogP contribution < -0.4 is 5.73 Å². The van der Waals surface area contributed by atoms with Crippen LogP contribution >= 0.6 is 15.9 Å². The van der Waals surface area contributed by atoms with Crippen molar-refractivity contribution in [1.82, 2.24) is 4.90 Å². The van der Waals surface area contributed by atoms with Crippen LogP contribution in [-0.4, -0.2) is 23.8 Å². The molecule has 0 saturated carbocycles. The number of nitrogens with one attached hydrogen (secondary N) is 1. The van der Waals surface area contributed by atoms with E-state index in [4.69, 9.17) is 11.1 Å². The number of amidine groups is 1. The van der Waals surface area contributed by atoms with Crippen molar-refractivity contribution in [2.75, 3.05) is 7.05 Å². The van der Waals surface area contributed by atoms with Crippen molar-refractivity contribution in [1.29, 1.82) is 5.41 Å². The maximum atomic E-state index is 7.37. The van der Waals surface area contributed by atoms with Crippen LogP contribution in [0.2, 0.25) is 0 Å². The lowest BCUT2D eigenvalue weighted by Gasteiger charge is -2.26. The molecular formula is C13H20BrN3. The van der Waals surface area contributed by atoms with Gasteiger partial charge in [-0.15, -0.1) is 0 Å². The average molecular weight is 298 g/mol. The molecule has 4 heteroatoms. The minimum Gasteiger partial charge on any atom is -0.388 e. The molecule has 3 nitrogen and oxygen atoms in total. The zero-order chi connectivity index (χ0) is 12.8. The van der Waals surface area contributed by atoms with Crippen LogP contribution in [0.5, 0.6) is 0 Å². The molecule has 94 valence electrons. The number of nitrogens with two attached hydrogens (primary N) is 1. The number of rotatable bonds is 6. The molecule has 0 heterocycles. The number of hydrogen-bond acceptors (Lipinski definition) is 2. The largest absolute Gasteiger partial charge is 0.388 e. The third-order valence-corrected chi connectivity index (χ3v) is 3.42. The molecule has 0 aliphatic heterocycles. The molecule has 0 saturated heterocycles. The summed E-state index contributed by atoms with van der Waals surface area (Å²) in [5.74, 6) is 0.263. The fourth-order valence-electron chi connectivity index (χ4n) is 1.87. The molecule has 1 rings (SSSR count). The van der Waals surface area contributed by atoms with Gasteiger partial charge in [0.05, 0.1) is 5.84 Å². The van der Waals surface area contributed by atoms with Gasteiger partial charge in [-0.05, 0) is 31.2 Å². The summed E-state index contributed by atoms with van der Waals surface area (Å²) in [4.78, 5) is 2.25. The van der Waals surface area contributed by atoms with E-state index in [1.165, 1.54) is 5.56 Å². The highest BCUT2D eigenvalue weighted by Crippen LogP contribution is 2.14. The highest BCUT2D eigenvalue weighted by Gasteiger charge is 2.13. The lowest BCUT2D eigenvalue weighted by molar-refractivity contribution is 0.232. The number of nitrogens with zero attached hydrogens (tertiary/aromatic N) is 1. The van der Waals surface area contributed by atoms with E-state index in [0.29, 0.717) is 12.5 Å². The van der Waals surface area contributed by atoms with Gasteiger partial charge in [0.25, 0.3) is 0 Å². The maximum Gasteiger partial charge on any atom is 0.0921 e. The normalized spacial score (nSPS) is 12.7. The summed E-state index contributed by atoms with van der Waals surface area (Å²) >= 11 is 3.43. The predicted octanol–water partition coefficient (Wildman–Crippen LogP) is 2.99. The van der Waals surface area contributed by atoms with Crippen molar-refractivity contribution in [3.63, 3.8) is 0 Å². The molecule has 1 unspecified atom stereocenters. The van der Waals surface area contributed by atoms with Crippen LogP contribution in [0.25, 0.3) is 0 Å². The van der Waals surface area contributed by atoms with E-state index in [9.17, 15) is 0 Å². The van der Waals surface area contributed by atoms with Crippen molar-refractivity contribution in [3.8, 4) is 0 Å². The van der Waals surface area contributed by atoms with E-state index in [2.05, 4.69) is 59.1 Å². The van der Waals surface area contributed by atoms with Crippen LogP contribution in [-0.2, 0) is 6.54 Å². The Labute approximate surface area is 112 Å². The molecular weight excluding hydrogens is 278 g/mol. The molecule has 1 aromatic rings. The maximum absolute atomic E-state index is 7.37. The van der Waals surface area contributed by atoms with Crippen LogP contribution in [0.15, 0.2) is 28.7 Å². The second-order valence-corrected chi connectivity index (χ2v) is 5.25. The lowest BCUT2D eigenvalue weighted by atomic mass is 10.1. The Morgan fingerprint density at radius 3 is 2.47 bits per heavy atom. The minimum atomic E-state index is 0.263. The zero-order valence-electron chi connectivity index (χ0n) is 10.4. The van der Waals surface area contributed by atoms with Gasteiger partial charge in [0.2, 0.25) is 0 Å². The Balaban J connectivity index is 2.60. The molecule has 0 amide bonds. The fraction of sp³-hybridized carbons (Fsp3) is 0.462. The summed E-state index contributed by atoms with van der Waals surface area (Å²) < 4.78 is 1.10. The van der Waals surface area contributed by atoms with Gasteiger partial charge in [-0.2, -0.15) is 0 Å². The minimum absolute atomic E-state index is 0.263. The molecule has 0 bridgehead atoms. The molecule has 17 heavy (non-hydrogen) atoms. The highest BCUT2D eigenvalue weighted by molar-refractivity contribution is 9.10. The van der Waals surface area contributed by atoms with Crippen molar-refractivity contribution in [2.24, 2.45) is 5.73 Å². The summed E-state index contributed by atoms with van der Waals surface area (Å²) in [5, 5.41) is 7.37. The first-order chi connectivity index (χ1) is 8.02. The topological polar surface area (TPSA) is 53.1 Å². The molecule has 0 aromatic heterocycles. The standard InChI is InChI=1S/C13H20BrN3/c1-3-12(8-13(15)16)17(2)9-10-4-6-11(14)7-5-10/h4-7,12H,3,8-9H2,1-2H3,(H3,15,16). The molecule has 1 atom stereocenters. The van der Waals surface area contributed by atoms with Crippen molar-refractivity contribution < 1.29 is 0 Å². The quantitative estimate of drug-likeness (QED) is 0.626. The van der Waals surface area contributed by atoms with Crippen LogP contribution in [0, 0.1) is 5.41 Å². The van der Waals surface area contributed by atoms with Crippen LogP contribution in [0.1, 0.15) is 25.3 Å². The summed E-state index contributed by atoms with van der Waals surface area (Å²) in [5.41, 5.74) is 6.75. The van der Waals surface area contributed by atoms with Crippen LogP contribution in [0.3, 0.4) is 0 Å². The first-order valence-electron chi connectivity index (χ1n) is 5.80. The van der Waals surface area contributed by atoms with E-state index in [-0.39, 0.29) is 5.84 Å². The van der Waals surface area contributed by atoms with Gasteiger partial charge in [0.15, 0.2) is 0 Å². The smallest absolute Gasteiger partial charge is 0.0921 e. The predicted molar refractivity (Wildman–Crippen MR) is 76.2 cm³/mol. The SMILES string of the molecule is CCC(CC(=N)N)N(C)Cc1ccc(Br)cc1. The Bertz CT molecular complexity index is 361. The molecule has 3 N–H and O–H groups in total. The lowest BCUT2D eigenvalue weighted by Crippen LogP contribution is -2.34. The molecule has 0 spiro atoms. The monoisotopic (exact) mass is 297 g/mol. The number of hydrogen-bond donors (Lipinski definition) is 2. The van der Waals surface area contributed by atoms with Gasteiger partial charge < -0.3 is 5.73 Å². The Morgan fingerprint density at radius 2 is 2.00 bits per heavy atom. The van der Waals surface area contributed by atoms with E-state index >= 15 is 0 Å². The van der Waals surface area contributed by atoms with Crippen molar-refractivity contribution >= 4 is 21.8 Å². The van der Waals surface area contributed by atoms with Gasteiger partial charge in [0.1, 0.15) is 0 Å². The molecule has 0 aliphatic carbocycles. The van der Waals surface area contributed by atoms with Gasteiger partial charge in [-0.25, -0.2) is 0 Å². The Morgan fingerprint density at radius 1 is 1.41 bits per heavy atom. The molecule has 1 aromatic carbocycles. The first kappa shape index (κ1) is 14.2. The van der Waals surface area contributed by atoms with E-state index in [1.807, 2.05) is 0 Å². The summed E-state index contributed by atoms with van der Waals surface area (Å²) in [6, 6.07) is 8.67. The van der Waals surface area contributed by atoms with Crippen molar-refractivity contribution in [2.45, 2.75) is 32.4 Å². The molecule has 0 aliphatic rings. The Kier molecular flexibility index (Phi) is 5.65. The average Bonchev–Trinajstić information content (AvgIpc) is 2.28. The van der Waals surface area contributed by atoms with E-state index < -0.39 is 0 Å². The van der Waals surface area contributed by atoms with E-state index in [0.717, 1.165) is 17.4 Å². The zero-order valence-corrected chi connectivity index (χ0v) is 12.0. The third kappa shape index (κ3) is 4.88. The molecule has 0 radical (unpaired) electrons. The number of halogens is 1.